The van der Waals surface area contributed by atoms with Crippen molar-refractivity contribution in [3.63, 3.8) is 0 Å². The number of hydrogen-bond donors (Lipinski definition) is 0. The average molecular weight is 285 g/mol. The number of ketones is 1. The number of fused-ring (bicyclic) bond motifs is 1. The molecular weight excluding hydrogens is 258 g/mol. The molecule has 21 heavy (non-hydrogen) atoms. The maximum Gasteiger partial charge on any atom is 0.176 e. The fourth-order valence-corrected chi connectivity index (χ4v) is 4.13. The van der Waals surface area contributed by atoms with Crippen LogP contribution in [0.15, 0.2) is 18.2 Å². The molecule has 0 spiro atoms. The molecule has 1 fully saturated rings. The summed E-state index contributed by atoms with van der Waals surface area (Å²) in [4.78, 5) is 14.9. The standard InChI is InChI=1S/C19H27NO/c1-14-6-3-4-9-18(14)20(2)13-19(21)17-11-10-15-7-5-8-16(15)12-17/h10-12,14,18H,3-9,13H2,1-2H3. The Morgan fingerprint density at radius 1 is 1.14 bits per heavy atom. The van der Waals surface area contributed by atoms with Crippen LogP contribution in [0.2, 0.25) is 0 Å². The van der Waals surface area contributed by atoms with Crippen LogP contribution in [0.4, 0.5) is 0 Å². The van der Waals surface area contributed by atoms with Gasteiger partial charge in [-0.2, -0.15) is 0 Å². The zero-order chi connectivity index (χ0) is 14.8. The van der Waals surface area contributed by atoms with E-state index >= 15 is 0 Å². The van der Waals surface area contributed by atoms with E-state index in [2.05, 4.69) is 31.0 Å². The van der Waals surface area contributed by atoms with Crippen LogP contribution in [-0.4, -0.2) is 30.3 Å². The van der Waals surface area contributed by atoms with E-state index in [0.717, 1.165) is 17.9 Å². The van der Waals surface area contributed by atoms with Gasteiger partial charge in [-0.3, -0.25) is 9.69 Å². The number of nitrogens with zero attached hydrogens (tertiary/aromatic N) is 1. The van der Waals surface area contributed by atoms with Gasteiger partial charge < -0.3 is 0 Å². The van der Waals surface area contributed by atoms with Crippen LogP contribution in [0.25, 0.3) is 0 Å². The van der Waals surface area contributed by atoms with Crippen molar-refractivity contribution in [2.45, 2.75) is 57.9 Å². The van der Waals surface area contributed by atoms with Crippen molar-refractivity contribution < 1.29 is 4.79 Å². The van der Waals surface area contributed by atoms with E-state index in [9.17, 15) is 4.79 Å². The topological polar surface area (TPSA) is 20.3 Å². The molecule has 1 aromatic carbocycles. The molecule has 2 unspecified atom stereocenters. The minimum absolute atomic E-state index is 0.282. The van der Waals surface area contributed by atoms with E-state index in [1.165, 1.54) is 49.7 Å². The lowest BCUT2D eigenvalue weighted by atomic mass is 9.85. The van der Waals surface area contributed by atoms with Gasteiger partial charge in [-0.05, 0) is 62.3 Å². The molecular formula is C19H27NO. The van der Waals surface area contributed by atoms with Gasteiger partial charge in [0.2, 0.25) is 0 Å². The summed E-state index contributed by atoms with van der Waals surface area (Å²) in [6.07, 6.45) is 8.79. The van der Waals surface area contributed by atoms with Crippen molar-refractivity contribution in [3.05, 3.63) is 34.9 Å². The number of carbonyl (C=O) groups excluding carboxylic acids is 1. The van der Waals surface area contributed by atoms with E-state index in [1.54, 1.807) is 0 Å². The Balaban J connectivity index is 1.65. The molecule has 2 atom stereocenters. The SMILES string of the molecule is CC1CCCCC1N(C)CC(=O)c1ccc2c(c1)CCC2. The molecule has 0 N–H and O–H groups in total. The molecule has 2 aliphatic carbocycles. The normalized spacial score (nSPS) is 25.1. The van der Waals surface area contributed by atoms with Gasteiger partial charge >= 0.3 is 0 Å². The van der Waals surface area contributed by atoms with Gasteiger partial charge in [-0.1, -0.05) is 31.9 Å². The molecule has 2 nitrogen and oxygen atoms in total. The van der Waals surface area contributed by atoms with Crippen molar-refractivity contribution in [2.24, 2.45) is 5.92 Å². The molecule has 2 heteroatoms. The molecule has 2 aliphatic rings. The molecule has 0 aromatic heterocycles. The summed E-state index contributed by atoms with van der Waals surface area (Å²) in [6, 6.07) is 6.92. The summed E-state index contributed by atoms with van der Waals surface area (Å²) in [5.74, 6) is 1.00. The zero-order valence-corrected chi connectivity index (χ0v) is 13.4. The highest BCUT2D eigenvalue weighted by atomic mass is 16.1. The lowest BCUT2D eigenvalue weighted by Gasteiger charge is -2.35. The third-order valence-corrected chi connectivity index (χ3v) is 5.45. The fourth-order valence-electron chi connectivity index (χ4n) is 4.13. The molecule has 0 saturated heterocycles. The Morgan fingerprint density at radius 3 is 2.71 bits per heavy atom. The van der Waals surface area contributed by atoms with Crippen molar-refractivity contribution in [2.75, 3.05) is 13.6 Å². The molecule has 0 amide bonds. The molecule has 0 bridgehead atoms. The van der Waals surface area contributed by atoms with Crippen molar-refractivity contribution in [1.29, 1.82) is 0 Å². The fraction of sp³-hybridized carbons (Fsp3) is 0.632. The largest absolute Gasteiger partial charge is 0.296 e. The first kappa shape index (κ1) is 14.8. The Morgan fingerprint density at radius 2 is 1.90 bits per heavy atom. The van der Waals surface area contributed by atoms with Gasteiger partial charge in [-0.15, -0.1) is 0 Å². The number of carbonyl (C=O) groups is 1. The quantitative estimate of drug-likeness (QED) is 0.783. The van der Waals surface area contributed by atoms with Crippen LogP contribution >= 0.6 is 0 Å². The summed E-state index contributed by atoms with van der Waals surface area (Å²) < 4.78 is 0. The van der Waals surface area contributed by atoms with Gasteiger partial charge in [0.15, 0.2) is 5.78 Å². The molecule has 3 rings (SSSR count). The highest BCUT2D eigenvalue weighted by Crippen LogP contribution is 2.28. The number of aryl methyl sites for hydroxylation is 2. The van der Waals surface area contributed by atoms with Gasteiger partial charge in [-0.25, -0.2) is 0 Å². The maximum absolute atomic E-state index is 12.6. The van der Waals surface area contributed by atoms with E-state index in [0.29, 0.717) is 12.6 Å². The molecule has 1 saturated carbocycles. The summed E-state index contributed by atoms with van der Waals surface area (Å²) in [5, 5.41) is 0. The Labute approximate surface area is 128 Å². The molecule has 114 valence electrons. The predicted octanol–water partition coefficient (Wildman–Crippen LogP) is 3.87. The van der Waals surface area contributed by atoms with Crippen LogP contribution in [0.3, 0.4) is 0 Å². The Hall–Kier alpha value is -1.15. The van der Waals surface area contributed by atoms with Crippen molar-refractivity contribution in [1.82, 2.24) is 4.90 Å². The number of Topliss-reactive ketones (excluding diaryl/α,β-unsaturated/α-hetero) is 1. The monoisotopic (exact) mass is 285 g/mol. The van der Waals surface area contributed by atoms with Gasteiger partial charge in [0.05, 0.1) is 6.54 Å². The Bertz CT molecular complexity index is 522. The minimum Gasteiger partial charge on any atom is -0.296 e. The molecule has 0 heterocycles. The van der Waals surface area contributed by atoms with Crippen LogP contribution in [0, 0.1) is 5.92 Å². The molecule has 0 aliphatic heterocycles. The third-order valence-electron chi connectivity index (χ3n) is 5.45. The minimum atomic E-state index is 0.282. The van der Waals surface area contributed by atoms with E-state index < -0.39 is 0 Å². The van der Waals surface area contributed by atoms with Gasteiger partial charge in [0, 0.05) is 11.6 Å². The van der Waals surface area contributed by atoms with Crippen LogP contribution < -0.4 is 0 Å². The van der Waals surface area contributed by atoms with Crippen LogP contribution in [0.1, 0.15) is 60.5 Å². The number of rotatable bonds is 4. The Kier molecular flexibility index (Phi) is 4.44. The maximum atomic E-state index is 12.6. The van der Waals surface area contributed by atoms with Crippen LogP contribution in [-0.2, 0) is 12.8 Å². The van der Waals surface area contributed by atoms with Crippen molar-refractivity contribution in [3.8, 4) is 0 Å². The second kappa shape index (κ2) is 6.31. The highest BCUT2D eigenvalue weighted by Gasteiger charge is 2.26. The highest BCUT2D eigenvalue weighted by molar-refractivity contribution is 5.97. The first-order valence-electron chi connectivity index (χ1n) is 8.50. The number of hydrogen-bond acceptors (Lipinski definition) is 2. The lowest BCUT2D eigenvalue weighted by molar-refractivity contribution is 0.0851. The molecule has 0 radical (unpaired) electrons. The molecule has 1 aromatic rings. The average Bonchev–Trinajstić information content (AvgIpc) is 2.94. The lowest BCUT2D eigenvalue weighted by Crippen LogP contribution is -2.41. The van der Waals surface area contributed by atoms with Gasteiger partial charge in [0.1, 0.15) is 0 Å². The number of likely N-dealkylation sites (N-methyl/N-ethyl adjacent to an activating group) is 1. The summed E-state index contributed by atoms with van der Waals surface area (Å²) in [7, 11) is 2.12. The summed E-state index contributed by atoms with van der Waals surface area (Å²) >= 11 is 0. The second-order valence-electron chi connectivity index (χ2n) is 7.00. The summed E-state index contributed by atoms with van der Waals surface area (Å²) in [6.45, 7) is 2.90. The van der Waals surface area contributed by atoms with E-state index in [4.69, 9.17) is 0 Å². The van der Waals surface area contributed by atoms with E-state index in [-0.39, 0.29) is 5.78 Å². The van der Waals surface area contributed by atoms with Crippen LogP contribution in [0.5, 0.6) is 0 Å². The second-order valence-corrected chi connectivity index (χ2v) is 7.00. The first-order chi connectivity index (χ1) is 10.1. The zero-order valence-electron chi connectivity index (χ0n) is 13.4. The summed E-state index contributed by atoms with van der Waals surface area (Å²) in [5.41, 5.74) is 3.75. The van der Waals surface area contributed by atoms with Crippen molar-refractivity contribution >= 4 is 5.78 Å². The third kappa shape index (κ3) is 3.21. The van der Waals surface area contributed by atoms with E-state index in [1.807, 2.05) is 6.07 Å². The predicted molar refractivity (Wildman–Crippen MR) is 86.8 cm³/mol. The smallest absolute Gasteiger partial charge is 0.176 e. The first-order valence-corrected chi connectivity index (χ1v) is 8.50. The van der Waals surface area contributed by atoms with Gasteiger partial charge in [0.25, 0.3) is 0 Å². The number of benzene rings is 1.